The highest BCUT2D eigenvalue weighted by Gasteiger charge is 2.43. The van der Waals surface area contributed by atoms with Crippen LogP contribution >= 0.6 is 11.6 Å². The van der Waals surface area contributed by atoms with Gasteiger partial charge in [-0.2, -0.15) is 5.10 Å². The molecule has 2 N–H and O–H groups in total. The Morgan fingerprint density at radius 1 is 1.67 bits per heavy atom. The number of ether oxygens (including phenoxy) is 1. The summed E-state index contributed by atoms with van der Waals surface area (Å²) in [6, 6.07) is -0.231. The van der Waals surface area contributed by atoms with Gasteiger partial charge in [0.05, 0.1) is 28.6 Å². The van der Waals surface area contributed by atoms with Crippen LogP contribution in [-0.2, 0) is 11.8 Å². The molecule has 1 saturated carbocycles. The van der Waals surface area contributed by atoms with E-state index >= 15 is 0 Å². The third-order valence-electron chi connectivity index (χ3n) is 4.20. The van der Waals surface area contributed by atoms with Crippen LogP contribution in [0.15, 0.2) is 6.20 Å². The minimum atomic E-state index is -0.310. The number of rotatable bonds is 3. The molecule has 0 aromatic carbocycles. The van der Waals surface area contributed by atoms with E-state index in [-0.39, 0.29) is 11.6 Å². The SMILES string of the molecule is COC1(C(N)c2c(Cl)cnn2C)CCCC(C)C1. The van der Waals surface area contributed by atoms with Gasteiger partial charge in [0.15, 0.2) is 0 Å². The van der Waals surface area contributed by atoms with Crippen molar-refractivity contribution >= 4 is 11.6 Å². The van der Waals surface area contributed by atoms with Gasteiger partial charge in [-0.25, -0.2) is 0 Å². The first-order valence-corrected chi connectivity index (χ1v) is 6.86. The molecule has 0 saturated heterocycles. The normalized spacial score (nSPS) is 30.4. The molecule has 4 nitrogen and oxygen atoms in total. The van der Waals surface area contributed by atoms with Gasteiger partial charge in [0.1, 0.15) is 0 Å². The van der Waals surface area contributed by atoms with Crippen molar-refractivity contribution in [1.29, 1.82) is 0 Å². The molecule has 1 aromatic rings. The summed E-state index contributed by atoms with van der Waals surface area (Å²) < 4.78 is 7.58. The molecule has 1 heterocycles. The Labute approximate surface area is 113 Å². The summed E-state index contributed by atoms with van der Waals surface area (Å²) in [6.45, 7) is 2.25. The Morgan fingerprint density at radius 2 is 2.39 bits per heavy atom. The van der Waals surface area contributed by atoms with E-state index in [1.165, 1.54) is 6.42 Å². The minimum absolute atomic E-state index is 0.231. The minimum Gasteiger partial charge on any atom is -0.376 e. The zero-order valence-corrected chi connectivity index (χ0v) is 12.1. The summed E-state index contributed by atoms with van der Waals surface area (Å²) in [5.74, 6) is 0.636. The van der Waals surface area contributed by atoms with Crippen molar-refractivity contribution in [2.24, 2.45) is 18.7 Å². The first-order valence-electron chi connectivity index (χ1n) is 6.48. The molecule has 2 rings (SSSR count). The van der Waals surface area contributed by atoms with E-state index in [0.29, 0.717) is 10.9 Å². The first kappa shape index (κ1) is 13.8. The second-order valence-corrected chi connectivity index (χ2v) is 5.86. The van der Waals surface area contributed by atoms with Crippen molar-refractivity contribution in [3.05, 3.63) is 16.9 Å². The number of nitrogens with two attached hydrogens (primary N) is 1. The Hall–Kier alpha value is -0.580. The fourth-order valence-corrected chi connectivity index (χ4v) is 3.44. The fourth-order valence-electron chi connectivity index (χ4n) is 3.16. The highest BCUT2D eigenvalue weighted by Crippen LogP contribution is 2.43. The Balaban J connectivity index is 2.32. The Morgan fingerprint density at radius 3 is 2.89 bits per heavy atom. The molecule has 0 spiro atoms. The molecule has 18 heavy (non-hydrogen) atoms. The van der Waals surface area contributed by atoms with Crippen molar-refractivity contribution in [1.82, 2.24) is 9.78 Å². The zero-order chi connectivity index (χ0) is 13.3. The molecule has 1 aliphatic rings. The van der Waals surface area contributed by atoms with E-state index in [2.05, 4.69) is 12.0 Å². The van der Waals surface area contributed by atoms with Gasteiger partial charge < -0.3 is 10.5 Å². The summed E-state index contributed by atoms with van der Waals surface area (Å²) in [7, 11) is 3.62. The number of aryl methyl sites for hydroxylation is 1. The maximum absolute atomic E-state index is 6.45. The lowest BCUT2D eigenvalue weighted by atomic mass is 9.74. The van der Waals surface area contributed by atoms with E-state index in [1.54, 1.807) is 18.0 Å². The van der Waals surface area contributed by atoms with Crippen LogP contribution in [0.5, 0.6) is 0 Å². The molecule has 0 radical (unpaired) electrons. The topological polar surface area (TPSA) is 53.1 Å². The summed E-state index contributed by atoms with van der Waals surface area (Å²) in [5, 5.41) is 4.79. The largest absolute Gasteiger partial charge is 0.376 e. The summed E-state index contributed by atoms with van der Waals surface area (Å²) in [5.41, 5.74) is 7.01. The molecular formula is C13H22ClN3O. The second kappa shape index (κ2) is 5.19. The number of aromatic nitrogens is 2. The average molecular weight is 272 g/mol. The summed E-state index contributed by atoms with van der Waals surface area (Å²) in [4.78, 5) is 0. The highest BCUT2D eigenvalue weighted by atomic mass is 35.5. The smallest absolute Gasteiger partial charge is 0.0888 e. The van der Waals surface area contributed by atoms with Crippen LogP contribution in [0.4, 0.5) is 0 Å². The molecule has 0 amide bonds. The first-order chi connectivity index (χ1) is 8.50. The lowest BCUT2D eigenvalue weighted by Gasteiger charge is -2.43. The van der Waals surface area contributed by atoms with E-state index in [9.17, 15) is 0 Å². The van der Waals surface area contributed by atoms with Gasteiger partial charge in [-0.1, -0.05) is 31.4 Å². The monoisotopic (exact) mass is 271 g/mol. The standard InChI is InChI=1S/C13H22ClN3O/c1-9-5-4-6-13(7-9,18-3)12(15)11-10(14)8-16-17(11)2/h8-9,12H,4-7,15H2,1-3H3. The van der Waals surface area contributed by atoms with Gasteiger partial charge in [-0.15, -0.1) is 0 Å². The predicted octanol–water partition coefficient (Wildman–Crippen LogP) is 2.67. The molecule has 1 fully saturated rings. The van der Waals surface area contributed by atoms with Crippen LogP contribution in [0.3, 0.4) is 0 Å². The maximum Gasteiger partial charge on any atom is 0.0888 e. The molecule has 1 aliphatic carbocycles. The van der Waals surface area contributed by atoms with E-state index in [4.69, 9.17) is 22.1 Å². The highest BCUT2D eigenvalue weighted by molar-refractivity contribution is 6.31. The number of hydrogen-bond acceptors (Lipinski definition) is 3. The number of nitrogens with zero attached hydrogens (tertiary/aromatic N) is 2. The lowest BCUT2D eigenvalue weighted by molar-refractivity contribution is -0.0733. The van der Waals surface area contributed by atoms with Gasteiger partial charge in [-0.3, -0.25) is 4.68 Å². The number of methoxy groups -OCH3 is 1. The van der Waals surface area contributed by atoms with Gasteiger partial charge in [-0.05, 0) is 18.8 Å². The number of halogens is 1. The lowest BCUT2D eigenvalue weighted by Crippen LogP contribution is -2.47. The fraction of sp³-hybridized carbons (Fsp3) is 0.769. The molecule has 3 unspecified atom stereocenters. The van der Waals surface area contributed by atoms with Crippen LogP contribution in [0.2, 0.25) is 5.02 Å². The molecule has 102 valence electrons. The van der Waals surface area contributed by atoms with Gasteiger partial charge in [0, 0.05) is 14.2 Å². The van der Waals surface area contributed by atoms with Crippen molar-refractivity contribution < 1.29 is 4.74 Å². The van der Waals surface area contributed by atoms with E-state index in [0.717, 1.165) is 25.0 Å². The van der Waals surface area contributed by atoms with Crippen LogP contribution in [0.25, 0.3) is 0 Å². The van der Waals surface area contributed by atoms with Crippen molar-refractivity contribution in [3.63, 3.8) is 0 Å². The molecule has 0 aliphatic heterocycles. The van der Waals surface area contributed by atoms with Gasteiger partial charge >= 0.3 is 0 Å². The van der Waals surface area contributed by atoms with Gasteiger partial charge in [0.2, 0.25) is 0 Å². The van der Waals surface area contributed by atoms with E-state index in [1.807, 2.05) is 7.05 Å². The third-order valence-corrected chi connectivity index (χ3v) is 4.49. The van der Waals surface area contributed by atoms with Crippen LogP contribution in [0, 0.1) is 5.92 Å². The zero-order valence-electron chi connectivity index (χ0n) is 11.3. The van der Waals surface area contributed by atoms with Crippen LogP contribution < -0.4 is 5.73 Å². The Bertz CT molecular complexity index is 401. The number of hydrogen-bond donors (Lipinski definition) is 1. The molecule has 5 heteroatoms. The molecular weight excluding hydrogens is 250 g/mol. The predicted molar refractivity (Wildman–Crippen MR) is 72.5 cm³/mol. The molecule has 3 atom stereocenters. The summed E-state index contributed by atoms with van der Waals surface area (Å²) in [6.07, 6.45) is 6.00. The van der Waals surface area contributed by atoms with Crippen LogP contribution in [0.1, 0.15) is 44.3 Å². The molecule has 0 bridgehead atoms. The van der Waals surface area contributed by atoms with Crippen LogP contribution in [-0.4, -0.2) is 22.5 Å². The van der Waals surface area contributed by atoms with Crippen molar-refractivity contribution in [3.8, 4) is 0 Å². The third kappa shape index (κ3) is 2.29. The average Bonchev–Trinajstić information content (AvgIpc) is 2.68. The van der Waals surface area contributed by atoms with E-state index < -0.39 is 0 Å². The maximum atomic E-state index is 6.45. The van der Waals surface area contributed by atoms with Crippen molar-refractivity contribution in [2.45, 2.75) is 44.2 Å². The van der Waals surface area contributed by atoms with Gasteiger partial charge in [0.25, 0.3) is 0 Å². The van der Waals surface area contributed by atoms with Crippen molar-refractivity contribution in [2.75, 3.05) is 7.11 Å². The Kier molecular flexibility index (Phi) is 3.99. The summed E-state index contributed by atoms with van der Waals surface area (Å²) >= 11 is 6.20. The molecule has 1 aromatic heterocycles. The quantitative estimate of drug-likeness (QED) is 0.920. The second-order valence-electron chi connectivity index (χ2n) is 5.45.